The average molecular weight is 232 g/mol. The molecule has 1 aromatic rings. The second-order valence-electron chi connectivity index (χ2n) is 4.92. The van der Waals surface area contributed by atoms with Crippen molar-refractivity contribution in [2.45, 2.75) is 32.1 Å². The van der Waals surface area contributed by atoms with E-state index in [-0.39, 0.29) is 11.9 Å². The van der Waals surface area contributed by atoms with Crippen LogP contribution in [0.1, 0.15) is 31.2 Å². The van der Waals surface area contributed by atoms with Crippen molar-refractivity contribution in [3.63, 3.8) is 0 Å². The number of hydrogen-bond donors (Lipinski definition) is 0. The van der Waals surface area contributed by atoms with Crippen molar-refractivity contribution in [3.8, 4) is 0 Å². The molecule has 1 aliphatic carbocycles. The Labute approximate surface area is 103 Å². The Morgan fingerprint density at radius 3 is 2.76 bits per heavy atom. The SMILES string of the molecule is COC(=O)C1CCC(CCc2ccccc2)C1. The van der Waals surface area contributed by atoms with E-state index in [0.717, 1.165) is 19.3 Å². The van der Waals surface area contributed by atoms with E-state index < -0.39 is 0 Å². The zero-order valence-corrected chi connectivity index (χ0v) is 10.4. The molecule has 2 atom stereocenters. The number of rotatable bonds is 4. The number of carbonyl (C=O) groups is 1. The summed E-state index contributed by atoms with van der Waals surface area (Å²) in [6.45, 7) is 0. The molecule has 0 spiro atoms. The van der Waals surface area contributed by atoms with Crippen molar-refractivity contribution in [2.24, 2.45) is 11.8 Å². The highest BCUT2D eigenvalue weighted by Gasteiger charge is 2.30. The number of esters is 1. The van der Waals surface area contributed by atoms with Crippen LogP contribution < -0.4 is 0 Å². The molecule has 1 aromatic carbocycles. The molecule has 0 aromatic heterocycles. The van der Waals surface area contributed by atoms with Gasteiger partial charge in [0.25, 0.3) is 0 Å². The second-order valence-corrected chi connectivity index (χ2v) is 4.92. The number of carbonyl (C=O) groups excluding carboxylic acids is 1. The molecule has 1 fully saturated rings. The van der Waals surface area contributed by atoms with Crippen LogP contribution in [0, 0.1) is 11.8 Å². The summed E-state index contributed by atoms with van der Waals surface area (Å²) in [4.78, 5) is 11.4. The van der Waals surface area contributed by atoms with Crippen LogP contribution in [-0.2, 0) is 16.0 Å². The number of methoxy groups -OCH3 is 1. The first-order chi connectivity index (χ1) is 8.29. The van der Waals surface area contributed by atoms with Crippen LogP contribution in [0.4, 0.5) is 0 Å². The summed E-state index contributed by atoms with van der Waals surface area (Å²) in [5.41, 5.74) is 1.40. The molecule has 2 heteroatoms. The Bertz CT molecular complexity index is 358. The fraction of sp³-hybridized carbons (Fsp3) is 0.533. The molecular weight excluding hydrogens is 212 g/mol. The number of ether oxygens (including phenoxy) is 1. The van der Waals surface area contributed by atoms with Gasteiger partial charge < -0.3 is 4.74 Å². The molecule has 0 saturated heterocycles. The quantitative estimate of drug-likeness (QED) is 0.745. The highest BCUT2D eigenvalue weighted by atomic mass is 16.5. The predicted molar refractivity (Wildman–Crippen MR) is 67.6 cm³/mol. The normalized spacial score (nSPS) is 23.6. The van der Waals surface area contributed by atoms with E-state index in [1.165, 1.54) is 25.5 Å². The van der Waals surface area contributed by atoms with Gasteiger partial charge in [-0.05, 0) is 43.6 Å². The highest BCUT2D eigenvalue weighted by Crippen LogP contribution is 2.34. The summed E-state index contributed by atoms with van der Waals surface area (Å²) < 4.78 is 4.81. The Balaban J connectivity index is 1.77. The second kappa shape index (κ2) is 5.85. The van der Waals surface area contributed by atoms with Crippen molar-refractivity contribution in [2.75, 3.05) is 7.11 Å². The molecular formula is C15H20O2. The maximum atomic E-state index is 11.4. The zero-order valence-electron chi connectivity index (χ0n) is 10.4. The van der Waals surface area contributed by atoms with E-state index in [4.69, 9.17) is 4.74 Å². The van der Waals surface area contributed by atoms with Crippen LogP contribution in [0.25, 0.3) is 0 Å². The third kappa shape index (κ3) is 3.32. The van der Waals surface area contributed by atoms with Crippen LogP contribution in [0.5, 0.6) is 0 Å². The largest absolute Gasteiger partial charge is 0.469 e. The monoisotopic (exact) mass is 232 g/mol. The fourth-order valence-corrected chi connectivity index (χ4v) is 2.73. The van der Waals surface area contributed by atoms with Crippen molar-refractivity contribution in [1.82, 2.24) is 0 Å². The molecule has 2 nitrogen and oxygen atoms in total. The predicted octanol–water partition coefficient (Wildman–Crippen LogP) is 3.21. The minimum atomic E-state index is -0.0211. The summed E-state index contributed by atoms with van der Waals surface area (Å²) in [7, 11) is 1.49. The van der Waals surface area contributed by atoms with Gasteiger partial charge in [-0.25, -0.2) is 0 Å². The highest BCUT2D eigenvalue weighted by molar-refractivity contribution is 5.72. The van der Waals surface area contributed by atoms with Crippen molar-refractivity contribution >= 4 is 5.97 Å². The van der Waals surface area contributed by atoms with Gasteiger partial charge >= 0.3 is 5.97 Å². The van der Waals surface area contributed by atoms with E-state index in [9.17, 15) is 4.79 Å². The lowest BCUT2D eigenvalue weighted by Crippen LogP contribution is -2.12. The summed E-state index contributed by atoms with van der Waals surface area (Å²) >= 11 is 0. The minimum Gasteiger partial charge on any atom is -0.469 e. The molecule has 1 aliphatic rings. The van der Waals surface area contributed by atoms with Gasteiger partial charge in [-0.15, -0.1) is 0 Å². The van der Waals surface area contributed by atoms with Gasteiger partial charge in [0.2, 0.25) is 0 Å². The van der Waals surface area contributed by atoms with E-state index in [0.29, 0.717) is 5.92 Å². The summed E-state index contributed by atoms with van der Waals surface area (Å²) in [6.07, 6.45) is 5.51. The Morgan fingerprint density at radius 2 is 2.06 bits per heavy atom. The minimum absolute atomic E-state index is 0.0211. The number of aryl methyl sites for hydroxylation is 1. The van der Waals surface area contributed by atoms with E-state index >= 15 is 0 Å². The molecule has 2 rings (SSSR count). The summed E-state index contributed by atoms with van der Waals surface area (Å²) in [5.74, 6) is 0.826. The third-order valence-electron chi connectivity index (χ3n) is 3.76. The molecule has 0 heterocycles. The van der Waals surface area contributed by atoms with Crippen LogP contribution in [0.15, 0.2) is 30.3 Å². The molecule has 17 heavy (non-hydrogen) atoms. The molecule has 2 unspecified atom stereocenters. The first-order valence-electron chi connectivity index (χ1n) is 6.41. The molecule has 0 amide bonds. The van der Waals surface area contributed by atoms with Gasteiger partial charge in [-0.2, -0.15) is 0 Å². The third-order valence-corrected chi connectivity index (χ3v) is 3.76. The molecule has 0 bridgehead atoms. The topological polar surface area (TPSA) is 26.3 Å². The van der Waals surface area contributed by atoms with Gasteiger partial charge in [0.1, 0.15) is 0 Å². The first kappa shape index (κ1) is 12.2. The Kier molecular flexibility index (Phi) is 4.18. The van der Waals surface area contributed by atoms with Gasteiger partial charge in [-0.1, -0.05) is 30.3 Å². The maximum absolute atomic E-state index is 11.4. The first-order valence-corrected chi connectivity index (χ1v) is 6.41. The lowest BCUT2D eigenvalue weighted by atomic mass is 9.97. The fourth-order valence-electron chi connectivity index (χ4n) is 2.73. The molecule has 92 valence electrons. The summed E-state index contributed by atoms with van der Waals surface area (Å²) in [5, 5.41) is 0. The van der Waals surface area contributed by atoms with E-state index in [2.05, 4.69) is 24.3 Å². The lowest BCUT2D eigenvalue weighted by molar-refractivity contribution is -0.145. The lowest BCUT2D eigenvalue weighted by Gasteiger charge is -2.10. The van der Waals surface area contributed by atoms with E-state index in [1.54, 1.807) is 0 Å². The molecule has 1 saturated carbocycles. The Morgan fingerprint density at radius 1 is 1.29 bits per heavy atom. The average Bonchev–Trinajstić information content (AvgIpc) is 2.85. The molecule has 0 radical (unpaired) electrons. The number of benzene rings is 1. The molecule has 0 aliphatic heterocycles. The van der Waals surface area contributed by atoms with Gasteiger partial charge in [-0.3, -0.25) is 4.79 Å². The maximum Gasteiger partial charge on any atom is 0.308 e. The van der Waals surface area contributed by atoms with Gasteiger partial charge in [0.15, 0.2) is 0 Å². The molecule has 0 N–H and O–H groups in total. The Hall–Kier alpha value is -1.31. The van der Waals surface area contributed by atoms with Crippen molar-refractivity contribution < 1.29 is 9.53 Å². The standard InChI is InChI=1S/C15H20O2/c1-17-15(16)14-10-9-13(11-14)8-7-12-5-3-2-4-6-12/h2-6,13-14H,7-11H2,1H3. The van der Waals surface area contributed by atoms with Gasteiger partial charge in [0.05, 0.1) is 13.0 Å². The summed E-state index contributed by atoms with van der Waals surface area (Å²) in [6, 6.07) is 10.6. The smallest absolute Gasteiger partial charge is 0.308 e. The zero-order chi connectivity index (χ0) is 12.1. The van der Waals surface area contributed by atoms with Crippen molar-refractivity contribution in [1.29, 1.82) is 0 Å². The van der Waals surface area contributed by atoms with Crippen LogP contribution >= 0.6 is 0 Å². The van der Waals surface area contributed by atoms with Crippen molar-refractivity contribution in [3.05, 3.63) is 35.9 Å². The number of hydrogen-bond acceptors (Lipinski definition) is 2. The van der Waals surface area contributed by atoms with E-state index in [1.807, 2.05) is 6.07 Å². The van der Waals surface area contributed by atoms with Crippen LogP contribution in [0.3, 0.4) is 0 Å². The van der Waals surface area contributed by atoms with Crippen LogP contribution in [-0.4, -0.2) is 13.1 Å². The van der Waals surface area contributed by atoms with Gasteiger partial charge in [0, 0.05) is 0 Å². The van der Waals surface area contributed by atoms with Crippen LogP contribution in [0.2, 0.25) is 0 Å².